The molecule has 0 spiro atoms. The predicted molar refractivity (Wildman–Crippen MR) is 236 cm³/mol. The summed E-state index contributed by atoms with van der Waals surface area (Å²) < 4.78 is 0. The molecule has 0 saturated carbocycles. The van der Waals surface area contributed by atoms with Gasteiger partial charge in [0, 0.05) is 6.42 Å². The highest BCUT2D eigenvalue weighted by Gasteiger charge is 2.26. The summed E-state index contributed by atoms with van der Waals surface area (Å²) in [6.07, 6.45) is 54.3. The van der Waals surface area contributed by atoms with E-state index in [1.165, 1.54) is 186 Å². The van der Waals surface area contributed by atoms with Crippen LogP contribution in [0.25, 0.3) is 0 Å². The number of aliphatic hydroxyl groups excluding tert-OH is 3. The van der Waals surface area contributed by atoms with Crippen LogP contribution in [0, 0.1) is 0 Å². The Balaban J connectivity index is 3.61. The highest BCUT2D eigenvalue weighted by molar-refractivity contribution is 5.76. The lowest BCUT2D eigenvalue weighted by atomic mass is 9.99. The number of nitrogens with one attached hydrogen (secondary N) is 1. The van der Waals surface area contributed by atoms with Gasteiger partial charge in [0.05, 0.1) is 18.8 Å². The molecule has 0 saturated heterocycles. The summed E-state index contributed by atoms with van der Waals surface area (Å²) in [6, 6.07) is -0.812. The van der Waals surface area contributed by atoms with Gasteiger partial charge in [-0.25, -0.2) is 0 Å². The van der Waals surface area contributed by atoms with Gasteiger partial charge in [-0.3, -0.25) is 4.79 Å². The zero-order valence-corrected chi connectivity index (χ0v) is 36.4. The van der Waals surface area contributed by atoms with Gasteiger partial charge in [-0.1, -0.05) is 231 Å². The van der Waals surface area contributed by atoms with Crippen molar-refractivity contribution in [1.82, 2.24) is 5.32 Å². The van der Waals surface area contributed by atoms with Crippen molar-refractivity contribution in [2.24, 2.45) is 0 Å². The molecule has 3 atom stereocenters. The van der Waals surface area contributed by atoms with E-state index in [2.05, 4.69) is 43.5 Å². The number of rotatable bonds is 44. The minimum Gasteiger partial charge on any atom is -0.394 e. The largest absolute Gasteiger partial charge is 0.394 e. The molecule has 5 heteroatoms. The summed E-state index contributed by atoms with van der Waals surface area (Å²) in [5.41, 5.74) is 0. The quantitative estimate of drug-likeness (QED) is 0.0368. The molecule has 3 unspecified atom stereocenters. The molecule has 0 heterocycles. The Morgan fingerprint density at radius 3 is 1.17 bits per heavy atom. The summed E-state index contributed by atoms with van der Waals surface area (Å²) in [5.74, 6) is -0.150. The normalized spacial score (nSPS) is 13.6. The molecule has 0 aromatic rings. The van der Waals surface area contributed by atoms with Crippen molar-refractivity contribution in [3.63, 3.8) is 0 Å². The van der Waals surface area contributed by atoms with Gasteiger partial charge >= 0.3 is 0 Å². The Morgan fingerprint density at radius 1 is 0.463 bits per heavy atom. The molecule has 0 fully saturated rings. The van der Waals surface area contributed by atoms with Crippen LogP contribution in [0.4, 0.5) is 0 Å². The van der Waals surface area contributed by atoms with E-state index in [1.807, 2.05) is 0 Å². The van der Waals surface area contributed by atoms with Crippen molar-refractivity contribution in [3.8, 4) is 0 Å². The second kappa shape index (κ2) is 44.5. The summed E-state index contributed by atoms with van der Waals surface area (Å²) in [6.45, 7) is 4.19. The fraction of sp³-hybridized carbons (Fsp3) is 0.898. The molecule has 0 aliphatic heterocycles. The fourth-order valence-electron chi connectivity index (χ4n) is 7.55. The third kappa shape index (κ3) is 39.1. The first-order chi connectivity index (χ1) is 26.6. The van der Waals surface area contributed by atoms with Crippen molar-refractivity contribution in [3.05, 3.63) is 24.3 Å². The Bertz CT molecular complexity index is 799. The van der Waals surface area contributed by atoms with Gasteiger partial charge in [0.1, 0.15) is 6.10 Å². The van der Waals surface area contributed by atoms with Crippen LogP contribution in [-0.4, -0.2) is 46.1 Å². The lowest BCUT2D eigenvalue weighted by molar-refractivity contribution is -0.124. The molecular weight excluding hydrogens is 667 g/mol. The van der Waals surface area contributed by atoms with E-state index in [0.29, 0.717) is 12.8 Å². The minimum atomic E-state index is -1.14. The van der Waals surface area contributed by atoms with Crippen molar-refractivity contribution < 1.29 is 20.1 Å². The number of carbonyl (C=O) groups is 1. The second-order valence-corrected chi connectivity index (χ2v) is 16.7. The van der Waals surface area contributed by atoms with E-state index in [-0.39, 0.29) is 12.5 Å². The zero-order valence-electron chi connectivity index (χ0n) is 36.4. The lowest BCUT2D eigenvalue weighted by Crippen LogP contribution is -2.50. The summed E-state index contributed by atoms with van der Waals surface area (Å²) in [4.78, 5) is 12.5. The number of amides is 1. The number of allylic oxidation sites excluding steroid dienone is 4. The molecular formula is C49H95NO4. The monoisotopic (exact) mass is 762 g/mol. The molecule has 1 amide bonds. The lowest BCUT2D eigenvalue weighted by Gasteiger charge is -2.26. The summed E-state index contributed by atoms with van der Waals surface area (Å²) in [7, 11) is 0. The highest BCUT2D eigenvalue weighted by atomic mass is 16.3. The summed E-state index contributed by atoms with van der Waals surface area (Å²) >= 11 is 0. The molecule has 0 aromatic heterocycles. The van der Waals surface area contributed by atoms with E-state index in [0.717, 1.165) is 44.9 Å². The SMILES string of the molecule is CCCCCCCCCCC/C=C\C/C=C\CCCCCCCCCC(=O)NC(CO)C(O)C(O)CCCCCCCCCCCCCCCCCCC. The Hall–Kier alpha value is -1.17. The molecule has 0 aromatic carbocycles. The zero-order chi connectivity index (χ0) is 39.4. The number of unbranched alkanes of at least 4 members (excludes halogenated alkanes) is 32. The minimum absolute atomic E-state index is 0.150. The maximum absolute atomic E-state index is 12.5. The number of hydrogen-bond donors (Lipinski definition) is 4. The van der Waals surface area contributed by atoms with Gasteiger partial charge in [0.15, 0.2) is 0 Å². The fourth-order valence-corrected chi connectivity index (χ4v) is 7.55. The van der Waals surface area contributed by atoms with Crippen molar-refractivity contribution in [2.75, 3.05) is 6.61 Å². The third-order valence-corrected chi connectivity index (χ3v) is 11.3. The van der Waals surface area contributed by atoms with E-state index >= 15 is 0 Å². The Kier molecular flexibility index (Phi) is 43.6. The molecule has 0 rings (SSSR count). The van der Waals surface area contributed by atoms with Crippen LogP contribution < -0.4 is 5.32 Å². The van der Waals surface area contributed by atoms with Gasteiger partial charge in [-0.05, 0) is 44.9 Å². The van der Waals surface area contributed by atoms with Crippen LogP contribution in [0.3, 0.4) is 0 Å². The van der Waals surface area contributed by atoms with E-state index in [1.54, 1.807) is 0 Å². The van der Waals surface area contributed by atoms with Crippen LogP contribution in [0.15, 0.2) is 24.3 Å². The van der Waals surface area contributed by atoms with Gasteiger partial charge < -0.3 is 20.6 Å². The molecule has 0 bridgehead atoms. The number of hydrogen-bond acceptors (Lipinski definition) is 4. The van der Waals surface area contributed by atoms with E-state index in [4.69, 9.17) is 0 Å². The van der Waals surface area contributed by atoms with Gasteiger partial charge in [-0.2, -0.15) is 0 Å². The Labute approximate surface area is 337 Å². The van der Waals surface area contributed by atoms with Gasteiger partial charge in [0.2, 0.25) is 5.91 Å². The molecule has 5 nitrogen and oxygen atoms in total. The van der Waals surface area contributed by atoms with Gasteiger partial charge in [-0.15, -0.1) is 0 Å². The molecule has 0 aliphatic carbocycles. The van der Waals surface area contributed by atoms with E-state index in [9.17, 15) is 20.1 Å². The van der Waals surface area contributed by atoms with Crippen molar-refractivity contribution >= 4 is 5.91 Å². The molecule has 4 N–H and O–H groups in total. The number of carbonyl (C=O) groups excluding carboxylic acids is 1. The van der Waals surface area contributed by atoms with Crippen molar-refractivity contribution in [2.45, 2.75) is 276 Å². The maximum Gasteiger partial charge on any atom is 0.220 e. The highest BCUT2D eigenvalue weighted by Crippen LogP contribution is 2.17. The van der Waals surface area contributed by atoms with Gasteiger partial charge in [0.25, 0.3) is 0 Å². The van der Waals surface area contributed by atoms with Crippen LogP contribution in [0.2, 0.25) is 0 Å². The maximum atomic E-state index is 12.5. The molecule has 54 heavy (non-hydrogen) atoms. The second-order valence-electron chi connectivity index (χ2n) is 16.7. The van der Waals surface area contributed by atoms with Crippen molar-refractivity contribution in [1.29, 1.82) is 0 Å². The summed E-state index contributed by atoms with van der Waals surface area (Å²) in [5, 5.41) is 33.6. The third-order valence-electron chi connectivity index (χ3n) is 11.3. The predicted octanol–water partition coefficient (Wildman–Crippen LogP) is 14.2. The Morgan fingerprint density at radius 2 is 0.796 bits per heavy atom. The first-order valence-corrected chi connectivity index (χ1v) is 24.1. The number of aliphatic hydroxyl groups is 3. The topological polar surface area (TPSA) is 89.8 Å². The van der Waals surface area contributed by atoms with Crippen LogP contribution in [0.5, 0.6) is 0 Å². The smallest absolute Gasteiger partial charge is 0.220 e. The molecule has 0 aliphatic rings. The average molecular weight is 762 g/mol. The van der Waals surface area contributed by atoms with Crippen LogP contribution >= 0.6 is 0 Å². The van der Waals surface area contributed by atoms with Crippen LogP contribution in [-0.2, 0) is 4.79 Å². The van der Waals surface area contributed by atoms with Crippen LogP contribution in [0.1, 0.15) is 258 Å². The van der Waals surface area contributed by atoms with E-state index < -0.39 is 18.2 Å². The molecule has 0 radical (unpaired) electrons. The first-order valence-electron chi connectivity index (χ1n) is 24.1. The molecule has 320 valence electrons. The standard InChI is InChI=1S/C49H95NO4/c1-3-5-7-9-11-13-15-17-19-21-22-23-24-25-26-28-30-32-34-36-38-40-42-44-48(53)50-46(45-51)49(54)47(52)43-41-39-37-35-33-31-29-27-20-18-16-14-12-10-8-6-4-2/h22-23,25-26,46-47,49,51-52,54H,3-21,24,27-45H2,1-2H3,(H,50,53)/b23-22-,26-25-. The first kappa shape index (κ1) is 52.8. The average Bonchev–Trinajstić information content (AvgIpc) is 3.18.